The number of halogens is 1. The minimum Gasteiger partial charge on any atom is -0.325 e. The lowest BCUT2D eigenvalue weighted by atomic mass is 10.2. The second-order valence-electron chi connectivity index (χ2n) is 6.89. The maximum atomic E-state index is 12.4. The van der Waals surface area contributed by atoms with Crippen LogP contribution in [0.5, 0.6) is 0 Å². The molecular formula is C22H26ClN3OS. The molecule has 1 heterocycles. The molecule has 6 heteroatoms. The van der Waals surface area contributed by atoms with Crippen LogP contribution in [0.4, 0.5) is 5.69 Å². The molecule has 3 rings (SSSR count). The molecule has 3 aromatic rings. The van der Waals surface area contributed by atoms with E-state index in [9.17, 15) is 4.79 Å². The second-order valence-corrected chi connectivity index (χ2v) is 8.27. The molecule has 0 aliphatic heterocycles. The SMILES string of the molecule is CCCCCCn1c(SCC(=O)Nc2ccc(Cl)cc2C)nc2ccccc21. The third-order valence-corrected chi connectivity index (χ3v) is 5.86. The van der Waals surface area contributed by atoms with Crippen LogP contribution in [0, 0.1) is 6.92 Å². The van der Waals surface area contributed by atoms with Crippen LogP contribution in [-0.4, -0.2) is 21.2 Å². The number of aromatic nitrogens is 2. The first-order valence-electron chi connectivity index (χ1n) is 9.72. The van der Waals surface area contributed by atoms with Crippen molar-refractivity contribution in [3.8, 4) is 0 Å². The number of para-hydroxylation sites is 2. The summed E-state index contributed by atoms with van der Waals surface area (Å²) in [5.74, 6) is 0.278. The molecule has 0 unspecified atom stereocenters. The zero-order chi connectivity index (χ0) is 19.9. The highest BCUT2D eigenvalue weighted by Crippen LogP contribution is 2.26. The van der Waals surface area contributed by atoms with Gasteiger partial charge in [-0.3, -0.25) is 4.79 Å². The number of imidazole rings is 1. The molecule has 148 valence electrons. The number of anilines is 1. The molecular weight excluding hydrogens is 390 g/mol. The van der Waals surface area contributed by atoms with E-state index in [1.54, 1.807) is 6.07 Å². The molecule has 0 bridgehead atoms. The molecule has 0 aliphatic rings. The Morgan fingerprint density at radius 2 is 2.00 bits per heavy atom. The van der Waals surface area contributed by atoms with Crippen molar-refractivity contribution in [3.05, 3.63) is 53.1 Å². The van der Waals surface area contributed by atoms with Crippen LogP contribution >= 0.6 is 23.4 Å². The average molecular weight is 416 g/mol. The van der Waals surface area contributed by atoms with E-state index in [1.165, 1.54) is 31.0 Å². The lowest BCUT2D eigenvalue weighted by molar-refractivity contribution is -0.113. The van der Waals surface area contributed by atoms with Gasteiger partial charge in [-0.1, -0.05) is 61.7 Å². The monoisotopic (exact) mass is 415 g/mol. The second kappa shape index (κ2) is 9.99. The number of nitrogens with one attached hydrogen (secondary N) is 1. The summed E-state index contributed by atoms with van der Waals surface area (Å²) < 4.78 is 2.25. The maximum absolute atomic E-state index is 12.4. The number of carbonyl (C=O) groups excluding carboxylic acids is 1. The molecule has 1 amide bonds. The van der Waals surface area contributed by atoms with E-state index < -0.39 is 0 Å². The summed E-state index contributed by atoms with van der Waals surface area (Å²) in [5.41, 5.74) is 3.86. The summed E-state index contributed by atoms with van der Waals surface area (Å²) in [5, 5.41) is 4.54. The largest absolute Gasteiger partial charge is 0.325 e. The minimum atomic E-state index is -0.0417. The first-order chi connectivity index (χ1) is 13.6. The van der Waals surface area contributed by atoms with Gasteiger partial charge < -0.3 is 9.88 Å². The number of benzene rings is 2. The first kappa shape index (κ1) is 20.7. The number of nitrogens with zero attached hydrogens (tertiary/aromatic N) is 2. The van der Waals surface area contributed by atoms with Crippen LogP contribution in [0.3, 0.4) is 0 Å². The van der Waals surface area contributed by atoms with Crippen molar-refractivity contribution in [3.63, 3.8) is 0 Å². The van der Waals surface area contributed by atoms with Crippen LogP contribution in [0.2, 0.25) is 5.02 Å². The van der Waals surface area contributed by atoms with E-state index in [0.29, 0.717) is 10.8 Å². The molecule has 28 heavy (non-hydrogen) atoms. The minimum absolute atomic E-state index is 0.0417. The summed E-state index contributed by atoms with van der Waals surface area (Å²) in [6.07, 6.45) is 4.80. The van der Waals surface area contributed by atoms with E-state index in [-0.39, 0.29) is 5.91 Å². The first-order valence-corrected chi connectivity index (χ1v) is 11.1. The lowest BCUT2D eigenvalue weighted by Crippen LogP contribution is -2.15. The zero-order valence-corrected chi connectivity index (χ0v) is 17.9. The van der Waals surface area contributed by atoms with Gasteiger partial charge in [-0.05, 0) is 49.2 Å². The van der Waals surface area contributed by atoms with Gasteiger partial charge in [0.25, 0.3) is 0 Å². The van der Waals surface area contributed by atoms with Gasteiger partial charge in [0, 0.05) is 17.3 Å². The van der Waals surface area contributed by atoms with Gasteiger partial charge in [-0.25, -0.2) is 4.98 Å². The van der Waals surface area contributed by atoms with Gasteiger partial charge in [-0.15, -0.1) is 0 Å². The van der Waals surface area contributed by atoms with Crippen molar-refractivity contribution in [1.29, 1.82) is 0 Å². The predicted molar refractivity (Wildman–Crippen MR) is 119 cm³/mol. The summed E-state index contributed by atoms with van der Waals surface area (Å²) in [7, 11) is 0. The number of amides is 1. The molecule has 2 aromatic carbocycles. The van der Waals surface area contributed by atoms with Gasteiger partial charge in [0.15, 0.2) is 5.16 Å². The van der Waals surface area contributed by atoms with Crippen molar-refractivity contribution in [2.45, 2.75) is 51.2 Å². The summed E-state index contributed by atoms with van der Waals surface area (Å²) in [4.78, 5) is 17.2. The fourth-order valence-corrected chi connectivity index (χ4v) is 4.23. The fourth-order valence-electron chi connectivity index (χ4n) is 3.16. The van der Waals surface area contributed by atoms with E-state index in [2.05, 4.69) is 22.9 Å². The molecule has 1 N–H and O–H groups in total. The lowest BCUT2D eigenvalue weighted by Gasteiger charge is -2.10. The standard InChI is InChI=1S/C22H26ClN3OS/c1-3-4-5-8-13-26-20-10-7-6-9-19(20)25-22(26)28-15-21(27)24-18-12-11-17(23)14-16(18)2/h6-7,9-12,14H,3-5,8,13,15H2,1-2H3,(H,24,27). The van der Waals surface area contributed by atoms with Crippen molar-refractivity contribution in [1.82, 2.24) is 9.55 Å². The topological polar surface area (TPSA) is 46.9 Å². The highest BCUT2D eigenvalue weighted by Gasteiger charge is 2.13. The van der Waals surface area contributed by atoms with E-state index in [1.807, 2.05) is 37.3 Å². The van der Waals surface area contributed by atoms with Crippen molar-refractivity contribution < 1.29 is 4.79 Å². The molecule has 0 saturated heterocycles. The Balaban J connectivity index is 1.68. The number of rotatable bonds is 9. The molecule has 0 aliphatic carbocycles. The van der Waals surface area contributed by atoms with Crippen LogP contribution in [-0.2, 0) is 11.3 Å². The molecule has 1 aromatic heterocycles. The molecule has 0 saturated carbocycles. The summed E-state index contributed by atoms with van der Waals surface area (Å²) in [6.45, 7) is 5.08. The third kappa shape index (κ3) is 5.30. The fraction of sp³-hybridized carbons (Fsp3) is 0.364. The molecule has 4 nitrogen and oxygen atoms in total. The Morgan fingerprint density at radius 3 is 2.79 bits per heavy atom. The quantitative estimate of drug-likeness (QED) is 0.329. The van der Waals surface area contributed by atoms with Crippen LogP contribution < -0.4 is 5.32 Å². The Hall–Kier alpha value is -1.98. The highest BCUT2D eigenvalue weighted by molar-refractivity contribution is 7.99. The normalized spacial score (nSPS) is 11.1. The Kier molecular flexibility index (Phi) is 7.40. The number of unbranched alkanes of at least 4 members (excludes halogenated alkanes) is 3. The van der Waals surface area contributed by atoms with Gasteiger partial charge in [0.2, 0.25) is 5.91 Å². The van der Waals surface area contributed by atoms with Gasteiger partial charge in [0.05, 0.1) is 16.8 Å². The number of aryl methyl sites for hydroxylation is 2. The Bertz CT molecular complexity index is 954. The van der Waals surface area contributed by atoms with Gasteiger partial charge in [-0.2, -0.15) is 0 Å². The highest BCUT2D eigenvalue weighted by atomic mass is 35.5. The summed E-state index contributed by atoms with van der Waals surface area (Å²) >= 11 is 7.47. The molecule has 0 atom stereocenters. The number of hydrogen-bond acceptors (Lipinski definition) is 3. The maximum Gasteiger partial charge on any atom is 0.234 e. The van der Waals surface area contributed by atoms with Crippen LogP contribution in [0.1, 0.15) is 38.2 Å². The van der Waals surface area contributed by atoms with Crippen LogP contribution in [0.25, 0.3) is 11.0 Å². The predicted octanol–water partition coefficient (Wildman–Crippen LogP) is 6.31. The number of carbonyl (C=O) groups is 1. The average Bonchev–Trinajstić information content (AvgIpc) is 3.03. The molecule has 0 spiro atoms. The van der Waals surface area contributed by atoms with Crippen molar-refractivity contribution in [2.24, 2.45) is 0 Å². The smallest absolute Gasteiger partial charge is 0.234 e. The summed E-state index contributed by atoms with van der Waals surface area (Å²) in [6, 6.07) is 13.6. The zero-order valence-electron chi connectivity index (χ0n) is 16.4. The third-order valence-electron chi connectivity index (χ3n) is 4.65. The van der Waals surface area contributed by atoms with Crippen molar-refractivity contribution in [2.75, 3.05) is 11.1 Å². The van der Waals surface area contributed by atoms with E-state index in [0.717, 1.165) is 40.4 Å². The van der Waals surface area contributed by atoms with Gasteiger partial charge >= 0.3 is 0 Å². The number of fused-ring (bicyclic) bond motifs is 1. The number of thioether (sulfide) groups is 1. The van der Waals surface area contributed by atoms with Crippen LogP contribution in [0.15, 0.2) is 47.6 Å². The van der Waals surface area contributed by atoms with Gasteiger partial charge in [0.1, 0.15) is 0 Å². The van der Waals surface area contributed by atoms with E-state index >= 15 is 0 Å². The number of hydrogen-bond donors (Lipinski definition) is 1. The Morgan fingerprint density at radius 1 is 1.18 bits per heavy atom. The van der Waals surface area contributed by atoms with Crippen molar-refractivity contribution >= 4 is 46.0 Å². The van der Waals surface area contributed by atoms with E-state index in [4.69, 9.17) is 16.6 Å². The molecule has 0 fully saturated rings. The molecule has 0 radical (unpaired) electrons. The Labute approximate surface area is 175 Å².